The maximum absolute atomic E-state index is 13.3. The largest absolute Gasteiger partial charge is 0.503 e. The van der Waals surface area contributed by atoms with E-state index in [1.165, 1.54) is 16.2 Å². The molecule has 1 N–H and O–H groups in total. The lowest BCUT2D eigenvalue weighted by atomic mass is 9.99. The molecule has 168 valence electrons. The fourth-order valence-corrected chi connectivity index (χ4v) is 4.99. The van der Waals surface area contributed by atoms with Gasteiger partial charge in [0.1, 0.15) is 10.8 Å². The maximum Gasteiger partial charge on any atom is 0.295 e. The van der Waals surface area contributed by atoms with Crippen LogP contribution in [0.4, 0.5) is 5.82 Å². The minimum atomic E-state index is -0.688. The summed E-state index contributed by atoms with van der Waals surface area (Å²) in [6, 6.07) is 14.1. The minimum absolute atomic E-state index is 0.304. The van der Waals surface area contributed by atoms with Crippen LogP contribution in [0, 0.1) is 6.92 Å². The van der Waals surface area contributed by atoms with E-state index in [4.69, 9.17) is 19.0 Å². The number of rotatable bonds is 6. The quantitative estimate of drug-likeness (QED) is 0.427. The molecule has 0 saturated heterocycles. The van der Waals surface area contributed by atoms with Crippen molar-refractivity contribution in [1.82, 2.24) is 10.1 Å². The number of anilines is 1. The Hall–Kier alpha value is -3.85. The van der Waals surface area contributed by atoms with E-state index < -0.39 is 11.9 Å². The molecular formula is C24H21N3O5S. The lowest BCUT2D eigenvalue weighted by molar-refractivity contribution is -0.117. The van der Waals surface area contributed by atoms with Crippen molar-refractivity contribution in [3.63, 3.8) is 0 Å². The van der Waals surface area contributed by atoms with Gasteiger partial charge in [-0.25, -0.2) is 4.98 Å². The zero-order chi connectivity index (χ0) is 23.1. The first-order valence-corrected chi connectivity index (χ1v) is 11.2. The number of aliphatic hydroxyl groups excluding tert-OH is 1. The van der Waals surface area contributed by atoms with E-state index >= 15 is 0 Å². The van der Waals surface area contributed by atoms with Crippen molar-refractivity contribution in [2.45, 2.75) is 19.9 Å². The number of benzene rings is 2. The number of para-hydroxylation sites is 1. The molecule has 8 nitrogen and oxygen atoms in total. The molecule has 1 aliphatic rings. The van der Waals surface area contributed by atoms with Gasteiger partial charge in [-0.3, -0.25) is 9.69 Å². The van der Waals surface area contributed by atoms with Crippen LogP contribution in [-0.4, -0.2) is 34.9 Å². The molecule has 2 aromatic heterocycles. The van der Waals surface area contributed by atoms with Crippen LogP contribution in [-0.2, 0) is 4.79 Å². The Morgan fingerprint density at radius 3 is 2.70 bits per heavy atom. The molecule has 0 spiro atoms. The number of ether oxygens (including phenoxy) is 2. The highest BCUT2D eigenvalue weighted by Gasteiger charge is 2.44. The average Bonchev–Trinajstić information content (AvgIpc) is 3.50. The molecule has 1 amide bonds. The molecule has 1 aliphatic heterocycles. The molecule has 1 atom stereocenters. The standard InChI is InChI=1S/C24H21N3O5S/c1-4-31-16-10-9-14(12-17(16)30-3)21-20(23-25-15-7-5-6-8-18(15)33-23)22(28)24(29)27(21)19-11-13(2)32-26-19/h5-12,21,28H,4H2,1-3H3. The molecule has 5 rings (SSSR count). The van der Waals surface area contributed by atoms with Crippen molar-refractivity contribution in [2.75, 3.05) is 18.6 Å². The van der Waals surface area contributed by atoms with Gasteiger partial charge in [-0.15, -0.1) is 11.3 Å². The number of thiazole rings is 1. The predicted octanol–water partition coefficient (Wildman–Crippen LogP) is 5.06. The second-order valence-electron chi connectivity index (χ2n) is 7.47. The number of carbonyl (C=O) groups is 1. The molecule has 0 bridgehead atoms. The predicted molar refractivity (Wildman–Crippen MR) is 125 cm³/mol. The average molecular weight is 464 g/mol. The van der Waals surface area contributed by atoms with Gasteiger partial charge in [-0.05, 0) is 43.7 Å². The zero-order valence-electron chi connectivity index (χ0n) is 18.2. The summed E-state index contributed by atoms with van der Waals surface area (Å²) in [7, 11) is 1.56. The van der Waals surface area contributed by atoms with E-state index in [2.05, 4.69) is 5.16 Å². The Kier molecular flexibility index (Phi) is 5.26. The monoisotopic (exact) mass is 463 g/mol. The van der Waals surface area contributed by atoms with Gasteiger partial charge in [0, 0.05) is 6.07 Å². The Morgan fingerprint density at radius 1 is 1.18 bits per heavy atom. The van der Waals surface area contributed by atoms with E-state index in [1.54, 1.807) is 32.2 Å². The minimum Gasteiger partial charge on any atom is -0.503 e. The van der Waals surface area contributed by atoms with E-state index in [0.29, 0.717) is 45.8 Å². The number of aryl methyl sites for hydroxylation is 1. The summed E-state index contributed by atoms with van der Waals surface area (Å²) in [6.45, 7) is 4.12. The SMILES string of the molecule is CCOc1ccc(C2C(c3nc4ccccc4s3)=C(O)C(=O)N2c2cc(C)on2)cc1OC. The fraction of sp³-hybridized carbons (Fsp3) is 0.208. The van der Waals surface area contributed by atoms with Crippen LogP contribution >= 0.6 is 11.3 Å². The fourth-order valence-electron chi connectivity index (χ4n) is 3.96. The van der Waals surface area contributed by atoms with Crippen LogP contribution in [0.15, 0.2) is 58.8 Å². The number of hydrogen-bond donors (Lipinski definition) is 1. The summed E-state index contributed by atoms with van der Waals surface area (Å²) >= 11 is 1.41. The lowest BCUT2D eigenvalue weighted by Gasteiger charge is -2.25. The van der Waals surface area contributed by atoms with Crippen LogP contribution in [0.25, 0.3) is 15.8 Å². The number of carbonyl (C=O) groups excluding carboxylic acids is 1. The molecule has 0 fully saturated rings. The third-order valence-electron chi connectivity index (χ3n) is 5.40. The first-order valence-electron chi connectivity index (χ1n) is 10.4. The highest BCUT2D eigenvalue weighted by Crippen LogP contribution is 2.48. The topological polar surface area (TPSA) is 97.9 Å². The Morgan fingerprint density at radius 2 is 2.00 bits per heavy atom. The normalized spacial score (nSPS) is 16.2. The van der Waals surface area contributed by atoms with Crippen LogP contribution in [0.2, 0.25) is 0 Å². The molecular weight excluding hydrogens is 442 g/mol. The number of aromatic nitrogens is 2. The number of hydrogen-bond acceptors (Lipinski definition) is 8. The molecule has 33 heavy (non-hydrogen) atoms. The van der Waals surface area contributed by atoms with Gasteiger partial charge in [0.05, 0.1) is 35.5 Å². The summed E-state index contributed by atoms with van der Waals surface area (Å²) < 4.78 is 17.4. The van der Waals surface area contributed by atoms with E-state index in [0.717, 1.165) is 10.2 Å². The molecule has 4 aromatic rings. The van der Waals surface area contributed by atoms with Gasteiger partial charge < -0.3 is 19.1 Å². The second-order valence-corrected chi connectivity index (χ2v) is 8.50. The highest BCUT2D eigenvalue weighted by molar-refractivity contribution is 7.19. The molecule has 0 radical (unpaired) electrons. The first-order chi connectivity index (χ1) is 16.0. The van der Waals surface area contributed by atoms with Crippen LogP contribution in [0.1, 0.15) is 29.3 Å². The van der Waals surface area contributed by atoms with Crippen molar-refractivity contribution < 1.29 is 23.9 Å². The molecule has 1 unspecified atom stereocenters. The summed E-state index contributed by atoms with van der Waals surface area (Å²) in [4.78, 5) is 19.4. The van der Waals surface area contributed by atoms with Crippen LogP contribution in [0.5, 0.6) is 11.5 Å². The number of methoxy groups -OCH3 is 1. The van der Waals surface area contributed by atoms with Crippen molar-refractivity contribution in [3.8, 4) is 11.5 Å². The van der Waals surface area contributed by atoms with Crippen molar-refractivity contribution in [2.24, 2.45) is 0 Å². The Balaban J connectivity index is 1.70. The Labute approximate surface area is 193 Å². The molecule has 9 heteroatoms. The number of nitrogens with zero attached hydrogens (tertiary/aromatic N) is 3. The lowest BCUT2D eigenvalue weighted by Crippen LogP contribution is -2.30. The summed E-state index contributed by atoms with van der Waals surface area (Å²) in [5, 5.41) is 15.6. The second kappa shape index (κ2) is 8.25. The highest BCUT2D eigenvalue weighted by atomic mass is 32.1. The number of fused-ring (bicyclic) bond motifs is 1. The number of aliphatic hydroxyl groups is 1. The molecule has 0 aliphatic carbocycles. The van der Waals surface area contributed by atoms with Gasteiger partial charge in [0.25, 0.3) is 5.91 Å². The molecule has 0 saturated carbocycles. The summed E-state index contributed by atoms with van der Waals surface area (Å²) in [5.74, 6) is 1.02. The summed E-state index contributed by atoms with van der Waals surface area (Å²) in [6.07, 6.45) is 0. The molecule has 3 heterocycles. The third-order valence-corrected chi connectivity index (χ3v) is 6.47. The van der Waals surface area contributed by atoms with E-state index in [-0.39, 0.29) is 5.76 Å². The van der Waals surface area contributed by atoms with Gasteiger partial charge >= 0.3 is 0 Å². The summed E-state index contributed by atoms with van der Waals surface area (Å²) in [5.41, 5.74) is 1.92. The Bertz CT molecular complexity index is 1360. The van der Waals surface area contributed by atoms with E-state index in [1.807, 2.05) is 37.3 Å². The van der Waals surface area contributed by atoms with Gasteiger partial charge in [-0.1, -0.05) is 23.4 Å². The van der Waals surface area contributed by atoms with Crippen molar-refractivity contribution in [1.29, 1.82) is 0 Å². The van der Waals surface area contributed by atoms with Crippen molar-refractivity contribution >= 4 is 38.9 Å². The van der Waals surface area contributed by atoms with Crippen LogP contribution in [0.3, 0.4) is 0 Å². The maximum atomic E-state index is 13.3. The smallest absolute Gasteiger partial charge is 0.295 e. The zero-order valence-corrected chi connectivity index (χ0v) is 19.0. The van der Waals surface area contributed by atoms with Gasteiger partial charge in [0.15, 0.2) is 23.1 Å². The van der Waals surface area contributed by atoms with Crippen molar-refractivity contribution in [3.05, 3.63) is 70.6 Å². The van der Waals surface area contributed by atoms with E-state index in [9.17, 15) is 9.90 Å². The first kappa shape index (κ1) is 21.0. The molecule has 2 aromatic carbocycles. The van der Waals surface area contributed by atoms with Gasteiger partial charge in [-0.2, -0.15) is 0 Å². The van der Waals surface area contributed by atoms with Gasteiger partial charge in [0.2, 0.25) is 0 Å². The van der Waals surface area contributed by atoms with Crippen LogP contribution < -0.4 is 14.4 Å². The number of amides is 1. The third kappa shape index (κ3) is 3.50.